The first-order valence-corrected chi connectivity index (χ1v) is 9.17. The Bertz CT molecular complexity index is 851. The van der Waals surface area contributed by atoms with E-state index in [1.165, 1.54) is 38.5 Å². The van der Waals surface area contributed by atoms with E-state index in [9.17, 15) is 18.0 Å². The lowest BCUT2D eigenvalue weighted by Crippen LogP contribution is -2.29. The highest BCUT2D eigenvalue weighted by atomic mass is 35.5. The Morgan fingerprint density at radius 3 is 2.17 bits per heavy atom. The van der Waals surface area contributed by atoms with Crippen molar-refractivity contribution in [1.29, 1.82) is 0 Å². The van der Waals surface area contributed by atoms with Gasteiger partial charge in [0.15, 0.2) is 0 Å². The summed E-state index contributed by atoms with van der Waals surface area (Å²) in [6, 6.07) is 10.3. The standard InChI is InChI=1S/C20H19ClF3NO4/c1-27-16-4-3-5-17(28-2)18(16)15-10-14(21)19(26)25(15)11-12-6-8-13(9-7-12)29-20(22,23)24/h3-9,14-15H,10-11H2,1-2H3/t14-,15+/m0/s1. The third-order valence-electron chi connectivity index (χ3n) is 4.67. The molecule has 1 saturated heterocycles. The van der Waals surface area contributed by atoms with Crippen LogP contribution < -0.4 is 14.2 Å². The van der Waals surface area contributed by atoms with Crippen LogP contribution in [-0.4, -0.2) is 36.8 Å². The molecule has 9 heteroatoms. The molecule has 1 aliphatic rings. The molecule has 0 radical (unpaired) electrons. The second kappa shape index (κ2) is 8.41. The van der Waals surface area contributed by atoms with Gasteiger partial charge in [-0.1, -0.05) is 18.2 Å². The van der Waals surface area contributed by atoms with E-state index in [1.54, 1.807) is 23.1 Å². The van der Waals surface area contributed by atoms with E-state index >= 15 is 0 Å². The molecule has 1 heterocycles. The molecular weight excluding hydrogens is 411 g/mol. The molecule has 2 atom stereocenters. The third kappa shape index (κ3) is 4.70. The van der Waals surface area contributed by atoms with Gasteiger partial charge in [-0.25, -0.2) is 0 Å². The number of hydrogen-bond donors (Lipinski definition) is 0. The molecule has 0 aliphatic carbocycles. The number of amides is 1. The number of methoxy groups -OCH3 is 2. The maximum Gasteiger partial charge on any atom is 0.573 e. The number of rotatable bonds is 6. The molecule has 29 heavy (non-hydrogen) atoms. The minimum atomic E-state index is -4.76. The average molecular weight is 430 g/mol. The number of likely N-dealkylation sites (tertiary alicyclic amines) is 1. The molecule has 156 valence electrons. The van der Waals surface area contributed by atoms with E-state index < -0.39 is 17.8 Å². The molecule has 3 rings (SSSR count). The molecule has 1 amide bonds. The summed E-state index contributed by atoms with van der Waals surface area (Å²) in [7, 11) is 3.05. The summed E-state index contributed by atoms with van der Waals surface area (Å²) in [6.45, 7) is 0.167. The van der Waals surface area contributed by atoms with Crippen molar-refractivity contribution < 1.29 is 32.2 Å². The van der Waals surface area contributed by atoms with E-state index in [-0.39, 0.29) is 18.2 Å². The van der Waals surface area contributed by atoms with Crippen LogP contribution in [-0.2, 0) is 11.3 Å². The molecule has 2 aromatic carbocycles. The van der Waals surface area contributed by atoms with Crippen molar-refractivity contribution >= 4 is 17.5 Å². The first-order chi connectivity index (χ1) is 13.7. The summed E-state index contributed by atoms with van der Waals surface area (Å²) in [5.74, 6) is 0.533. The second-order valence-electron chi connectivity index (χ2n) is 6.45. The Balaban J connectivity index is 1.89. The quantitative estimate of drug-likeness (QED) is 0.625. The van der Waals surface area contributed by atoms with Crippen molar-refractivity contribution in [2.24, 2.45) is 0 Å². The summed E-state index contributed by atoms with van der Waals surface area (Å²) in [4.78, 5) is 14.3. The molecule has 0 N–H and O–H groups in total. The van der Waals surface area contributed by atoms with Gasteiger partial charge in [-0.3, -0.25) is 4.79 Å². The predicted molar refractivity (Wildman–Crippen MR) is 100 cm³/mol. The average Bonchev–Trinajstić information content (AvgIpc) is 2.95. The van der Waals surface area contributed by atoms with Gasteiger partial charge in [0.25, 0.3) is 0 Å². The monoisotopic (exact) mass is 429 g/mol. The van der Waals surface area contributed by atoms with E-state index in [0.29, 0.717) is 29.0 Å². The number of halogens is 4. The minimum Gasteiger partial charge on any atom is -0.496 e. The number of alkyl halides is 4. The van der Waals surface area contributed by atoms with Crippen LogP contribution in [0.3, 0.4) is 0 Å². The lowest BCUT2D eigenvalue weighted by molar-refractivity contribution is -0.274. The fourth-order valence-corrected chi connectivity index (χ4v) is 3.72. The first kappa shape index (κ1) is 21.1. The topological polar surface area (TPSA) is 48.0 Å². The van der Waals surface area contributed by atoms with Gasteiger partial charge < -0.3 is 19.1 Å². The second-order valence-corrected chi connectivity index (χ2v) is 6.98. The highest BCUT2D eigenvalue weighted by Gasteiger charge is 2.41. The fraction of sp³-hybridized carbons (Fsp3) is 0.350. The zero-order valence-electron chi connectivity index (χ0n) is 15.7. The molecule has 0 saturated carbocycles. The fourth-order valence-electron chi connectivity index (χ4n) is 3.42. The normalized spacial score (nSPS) is 19.4. The zero-order valence-corrected chi connectivity index (χ0v) is 16.5. The van der Waals surface area contributed by atoms with Gasteiger partial charge >= 0.3 is 6.36 Å². The van der Waals surface area contributed by atoms with Crippen LogP contribution in [0.2, 0.25) is 0 Å². The van der Waals surface area contributed by atoms with Gasteiger partial charge in [0, 0.05) is 6.54 Å². The van der Waals surface area contributed by atoms with Gasteiger partial charge in [0.1, 0.15) is 22.6 Å². The SMILES string of the molecule is COc1cccc(OC)c1[C@H]1C[C@H](Cl)C(=O)N1Cc1ccc(OC(F)(F)F)cc1. The molecule has 5 nitrogen and oxygen atoms in total. The van der Waals surface area contributed by atoms with Crippen molar-refractivity contribution in [3.05, 3.63) is 53.6 Å². The van der Waals surface area contributed by atoms with Crippen LogP contribution in [0.5, 0.6) is 17.2 Å². The Labute approximate surface area is 170 Å². The van der Waals surface area contributed by atoms with Gasteiger partial charge in [0.2, 0.25) is 5.91 Å². The van der Waals surface area contributed by atoms with E-state index in [0.717, 1.165) is 0 Å². The van der Waals surface area contributed by atoms with Gasteiger partial charge in [-0.05, 0) is 36.2 Å². The molecule has 1 fully saturated rings. The summed E-state index contributed by atoms with van der Waals surface area (Å²) >= 11 is 6.24. The lowest BCUT2D eigenvalue weighted by Gasteiger charge is -2.27. The summed E-state index contributed by atoms with van der Waals surface area (Å²) in [5.41, 5.74) is 1.34. The molecule has 1 aliphatic heterocycles. The molecule has 2 aromatic rings. The van der Waals surface area contributed by atoms with Gasteiger partial charge in [0.05, 0.1) is 25.8 Å². The van der Waals surface area contributed by atoms with Crippen molar-refractivity contribution in [2.45, 2.75) is 30.7 Å². The number of hydrogen-bond acceptors (Lipinski definition) is 4. The van der Waals surface area contributed by atoms with Crippen LogP contribution in [0.1, 0.15) is 23.6 Å². The third-order valence-corrected chi connectivity index (χ3v) is 5.03. The Morgan fingerprint density at radius 1 is 1.07 bits per heavy atom. The summed E-state index contributed by atoms with van der Waals surface area (Å²) < 4.78 is 51.8. The highest BCUT2D eigenvalue weighted by molar-refractivity contribution is 6.31. The first-order valence-electron chi connectivity index (χ1n) is 8.73. The zero-order chi connectivity index (χ0) is 21.2. The number of carbonyl (C=O) groups is 1. The van der Waals surface area contributed by atoms with E-state index in [2.05, 4.69) is 4.74 Å². The van der Waals surface area contributed by atoms with Crippen LogP contribution >= 0.6 is 11.6 Å². The van der Waals surface area contributed by atoms with Crippen LogP contribution in [0.4, 0.5) is 13.2 Å². The van der Waals surface area contributed by atoms with Crippen LogP contribution in [0.25, 0.3) is 0 Å². The predicted octanol–water partition coefficient (Wildman–Crippen LogP) is 4.68. The summed E-state index contributed by atoms with van der Waals surface area (Å²) in [6.07, 6.45) is -4.41. The Morgan fingerprint density at radius 2 is 1.66 bits per heavy atom. The number of benzene rings is 2. The largest absolute Gasteiger partial charge is 0.573 e. The highest BCUT2D eigenvalue weighted by Crippen LogP contribution is 2.44. The van der Waals surface area contributed by atoms with Crippen molar-refractivity contribution in [3.63, 3.8) is 0 Å². The lowest BCUT2D eigenvalue weighted by atomic mass is 10.0. The molecular formula is C20H19ClF3NO4. The molecule has 0 bridgehead atoms. The van der Waals surface area contributed by atoms with Gasteiger partial charge in [-0.2, -0.15) is 0 Å². The van der Waals surface area contributed by atoms with Crippen molar-refractivity contribution in [1.82, 2.24) is 4.90 Å². The molecule has 0 aromatic heterocycles. The maximum atomic E-state index is 12.7. The van der Waals surface area contributed by atoms with E-state index in [4.69, 9.17) is 21.1 Å². The number of nitrogens with zero attached hydrogens (tertiary/aromatic N) is 1. The smallest absolute Gasteiger partial charge is 0.496 e. The minimum absolute atomic E-state index is 0.167. The Hall–Kier alpha value is -2.61. The van der Waals surface area contributed by atoms with Crippen LogP contribution in [0, 0.1) is 0 Å². The van der Waals surface area contributed by atoms with Crippen molar-refractivity contribution in [3.8, 4) is 17.2 Å². The number of ether oxygens (including phenoxy) is 3. The summed E-state index contributed by atoms with van der Waals surface area (Å²) in [5, 5.41) is -0.720. The van der Waals surface area contributed by atoms with E-state index in [1.807, 2.05) is 0 Å². The van der Waals surface area contributed by atoms with Gasteiger partial charge in [-0.15, -0.1) is 24.8 Å². The van der Waals surface area contributed by atoms with Crippen molar-refractivity contribution in [2.75, 3.05) is 14.2 Å². The maximum absolute atomic E-state index is 12.7. The molecule has 0 unspecified atom stereocenters. The van der Waals surface area contributed by atoms with Crippen LogP contribution in [0.15, 0.2) is 42.5 Å². The Kier molecular flexibility index (Phi) is 6.12. The number of carbonyl (C=O) groups excluding carboxylic acids is 1. The molecule has 0 spiro atoms.